The van der Waals surface area contributed by atoms with Crippen LogP contribution in [-0.4, -0.2) is 13.1 Å². The van der Waals surface area contributed by atoms with Crippen LogP contribution in [0.3, 0.4) is 0 Å². The van der Waals surface area contributed by atoms with Crippen molar-refractivity contribution in [3.05, 3.63) is 29.3 Å². The fourth-order valence-corrected chi connectivity index (χ4v) is 1.90. The quantitative estimate of drug-likeness (QED) is 0.770. The number of nitriles is 1. The topological polar surface area (TPSA) is 27.0 Å². The van der Waals surface area contributed by atoms with Gasteiger partial charge < -0.3 is 4.90 Å². The fraction of sp³-hybridized carbons (Fsp3) is 0.500. The van der Waals surface area contributed by atoms with Gasteiger partial charge in [0.15, 0.2) is 0 Å². The highest BCUT2D eigenvalue weighted by Crippen LogP contribution is 2.23. The van der Waals surface area contributed by atoms with E-state index < -0.39 is 0 Å². The van der Waals surface area contributed by atoms with E-state index >= 15 is 0 Å². The maximum atomic E-state index is 9.13. The summed E-state index contributed by atoms with van der Waals surface area (Å²) in [5.41, 5.74) is 2.94. The maximum absolute atomic E-state index is 9.13. The van der Waals surface area contributed by atoms with E-state index in [1.807, 2.05) is 19.1 Å². The van der Waals surface area contributed by atoms with Crippen molar-refractivity contribution in [2.45, 2.75) is 39.7 Å². The molecule has 0 fully saturated rings. The fourth-order valence-electron chi connectivity index (χ4n) is 1.90. The molecule has 86 valence electrons. The lowest BCUT2D eigenvalue weighted by Crippen LogP contribution is -2.29. The molecule has 1 unspecified atom stereocenters. The minimum atomic E-state index is 0.472. The second-order valence-electron chi connectivity index (χ2n) is 4.38. The Hall–Kier alpha value is -1.49. The Kier molecular flexibility index (Phi) is 4.37. The Balaban J connectivity index is 2.99. The smallest absolute Gasteiger partial charge is 0.101 e. The number of anilines is 1. The molecule has 2 nitrogen and oxygen atoms in total. The predicted molar refractivity (Wildman–Crippen MR) is 68.7 cm³/mol. The van der Waals surface area contributed by atoms with Crippen LogP contribution < -0.4 is 4.90 Å². The van der Waals surface area contributed by atoms with Gasteiger partial charge in [-0.25, -0.2) is 0 Å². The number of aryl methyl sites for hydroxylation is 1. The van der Waals surface area contributed by atoms with Crippen molar-refractivity contribution in [3.63, 3.8) is 0 Å². The third-order valence-corrected chi connectivity index (χ3v) is 3.02. The van der Waals surface area contributed by atoms with Gasteiger partial charge in [0.1, 0.15) is 6.07 Å². The average molecular weight is 216 g/mol. The van der Waals surface area contributed by atoms with E-state index in [-0.39, 0.29) is 0 Å². The van der Waals surface area contributed by atoms with E-state index in [1.54, 1.807) is 0 Å². The molecule has 0 aliphatic rings. The lowest BCUT2D eigenvalue weighted by atomic mass is 10.1. The second-order valence-corrected chi connectivity index (χ2v) is 4.38. The molecule has 1 atom stereocenters. The summed E-state index contributed by atoms with van der Waals surface area (Å²) >= 11 is 0. The zero-order valence-corrected chi connectivity index (χ0v) is 10.6. The summed E-state index contributed by atoms with van der Waals surface area (Å²) in [6, 6.07) is 8.80. The number of rotatable bonds is 4. The zero-order valence-electron chi connectivity index (χ0n) is 10.6. The van der Waals surface area contributed by atoms with Gasteiger partial charge in [0.2, 0.25) is 0 Å². The first-order chi connectivity index (χ1) is 7.60. The number of nitrogens with zero attached hydrogens (tertiary/aromatic N) is 2. The van der Waals surface area contributed by atoms with Crippen LogP contribution in [0.15, 0.2) is 18.2 Å². The summed E-state index contributed by atoms with van der Waals surface area (Å²) in [4.78, 5) is 2.20. The van der Waals surface area contributed by atoms with Crippen molar-refractivity contribution in [2.75, 3.05) is 11.9 Å². The van der Waals surface area contributed by atoms with Gasteiger partial charge >= 0.3 is 0 Å². The van der Waals surface area contributed by atoms with E-state index in [4.69, 9.17) is 5.26 Å². The van der Waals surface area contributed by atoms with Crippen molar-refractivity contribution in [2.24, 2.45) is 0 Å². The molecule has 0 aromatic heterocycles. The molecule has 0 amide bonds. The van der Waals surface area contributed by atoms with Crippen LogP contribution in [-0.2, 0) is 0 Å². The van der Waals surface area contributed by atoms with Crippen LogP contribution in [0.2, 0.25) is 0 Å². The van der Waals surface area contributed by atoms with E-state index in [1.165, 1.54) is 6.42 Å². The van der Waals surface area contributed by atoms with Crippen molar-refractivity contribution in [1.29, 1.82) is 5.26 Å². The van der Waals surface area contributed by atoms with Crippen molar-refractivity contribution < 1.29 is 0 Å². The number of hydrogen-bond acceptors (Lipinski definition) is 2. The summed E-state index contributed by atoms with van der Waals surface area (Å²) < 4.78 is 0. The molecular weight excluding hydrogens is 196 g/mol. The van der Waals surface area contributed by atoms with Gasteiger partial charge in [-0.05, 0) is 38.0 Å². The van der Waals surface area contributed by atoms with Crippen LogP contribution in [0, 0.1) is 18.3 Å². The minimum absolute atomic E-state index is 0.472. The van der Waals surface area contributed by atoms with E-state index in [2.05, 4.69) is 37.9 Å². The molecule has 0 saturated heterocycles. The van der Waals surface area contributed by atoms with Gasteiger partial charge in [0.25, 0.3) is 0 Å². The number of benzene rings is 1. The SMILES string of the molecule is CCCC(C)N(C)c1ccc(C)cc1C#N. The Morgan fingerprint density at radius 2 is 2.12 bits per heavy atom. The lowest BCUT2D eigenvalue weighted by Gasteiger charge is -2.27. The number of hydrogen-bond donors (Lipinski definition) is 0. The summed E-state index contributed by atoms with van der Waals surface area (Å²) in [5, 5.41) is 9.13. The van der Waals surface area contributed by atoms with Crippen LogP contribution in [0.4, 0.5) is 5.69 Å². The van der Waals surface area contributed by atoms with Crippen LogP contribution in [0.25, 0.3) is 0 Å². The molecule has 0 bridgehead atoms. The monoisotopic (exact) mass is 216 g/mol. The molecule has 0 heterocycles. The molecule has 0 saturated carbocycles. The Bertz CT molecular complexity index is 390. The van der Waals surface area contributed by atoms with E-state index in [9.17, 15) is 0 Å². The highest BCUT2D eigenvalue weighted by molar-refractivity contribution is 5.60. The third kappa shape index (κ3) is 2.76. The summed E-state index contributed by atoms with van der Waals surface area (Å²) in [5.74, 6) is 0. The lowest BCUT2D eigenvalue weighted by molar-refractivity contribution is 0.616. The first kappa shape index (κ1) is 12.6. The summed E-state index contributed by atoms with van der Waals surface area (Å²) in [6.07, 6.45) is 2.31. The van der Waals surface area contributed by atoms with Gasteiger partial charge in [-0.3, -0.25) is 0 Å². The average Bonchev–Trinajstić information content (AvgIpc) is 2.28. The van der Waals surface area contributed by atoms with E-state index in [0.717, 1.165) is 23.2 Å². The molecule has 0 N–H and O–H groups in total. The molecule has 1 aromatic carbocycles. The molecule has 16 heavy (non-hydrogen) atoms. The summed E-state index contributed by atoms with van der Waals surface area (Å²) in [6.45, 7) is 6.40. The van der Waals surface area contributed by atoms with Crippen LogP contribution in [0.5, 0.6) is 0 Å². The first-order valence-corrected chi connectivity index (χ1v) is 5.83. The predicted octanol–water partition coefficient (Wildman–Crippen LogP) is 3.49. The van der Waals surface area contributed by atoms with Gasteiger partial charge in [0.05, 0.1) is 11.3 Å². The maximum Gasteiger partial charge on any atom is 0.101 e. The molecule has 0 aliphatic heterocycles. The minimum Gasteiger partial charge on any atom is -0.371 e. The van der Waals surface area contributed by atoms with Crippen molar-refractivity contribution in [3.8, 4) is 6.07 Å². The molecule has 0 aliphatic carbocycles. The molecule has 0 spiro atoms. The van der Waals surface area contributed by atoms with Gasteiger partial charge in [-0.1, -0.05) is 19.4 Å². The van der Waals surface area contributed by atoms with Gasteiger partial charge in [-0.15, -0.1) is 0 Å². The molecular formula is C14H20N2. The van der Waals surface area contributed by atoms with Crippen molar-refractivity contribution >= 4 is 5.69 Å². The van der Waals surface area contributed by atoms with Crippen molar-refractivity contribution in [1.82, 2.24) is 0 Å². The third-order valence-electron chi connectivity index (χ3n) is 3.02. The largest absolute Gasteiger partial charge is 0.371 e. The normalized spacial score (nSPS) is 11.9. The van der Waals surface area contributed by atoms with Gasteiger partial charge in [0, 0.05) is 13.1 Å². The first-order valence-electron chi connectivity index (χ1n) is 5.83. The zero-order chi connectivity index (χ0) is 12.1. The Labute approximate surface area is 98.5 Å². The van der Waals surface area contributed by atoms with Crippen LogP contribution >= 0.6 is 0 Å². The van der Waals surface area contributed by atoms with Gasteiger partial charge in [-0.2, -0.15) is 5.26 Å². The second kappa shape index (κ2) is 5.55. The van der Waals surface area contributed by atoms with E-state index in [0.29, 0.717) is 6.04 Å². The Morgan fingerprint density at radius 3 is 2.69 bits per heavy atom. The molecule has 0 radical (unpaired) electrons. The van der Waals surface area contributed by atoms with Crippen LogP contribution in [0.1, 0.15) is 37.8 Å². The highest BCUT2D eigenvalue weighted by atomic mass is 15.1. The molecule has 2 heteroatoms. The highest BCUT2D eigenvalue weighted by Gasteiger charge is 2.12. The summed E-state index contributed by atoms with van der Waals surface area (Å²) in [7, 11) is 2.06. The molecule has 1 aromatic rings. The molecule has 1 rings (SSSR count). The standard InChI is InChI=1S/C14H20N2/c1-5-6-12(3)16(4)14-8-7-11(2)9-13(14)10-15/h7-9,12H,5-6H2,1-4H3. The Morgan fingerprint density at radius 1 is 1.44 bits per heavy atom.